The van der Waals surface area contributed by atoms with Crippen LogP contribution in [0.15, 0.2) is 18.3 Å². The van der Waals surface area contributed by atoms with Gasteiger partial charge in [-0.3, -0.25) is 4.68 Å². The highest BCUT2D eigenvalue weighted by atomic mass is 32.1. The molecule has 0 amide bonds. The van der Waals surface area contributed by atoms with Crippen molar-refractivity contribution in [3.8, 4) is 0 Å². The number of aryl methyl sites for hydroxylation is 3. The van der Waals surface area contributed by atoms with E-state index in [1.165, 1.54) is 24.1 Å². The first kappa shape index (κ1) is 11.9. The van der Waals surface area contributed by atoms with E-state index >= 15 is 0 Å². The Morgan fingerprint density at radius 3 is 3.06 bits per heavy atom. The number of aromatic nitrogens is 2. The maximum Gasteiger partial charge on any atom is 0.0863 e. The third kappa shape index (κ3) is 2.10. The van der Waals surface area contributed by atoms with Crippen LogP contribution in [0, 0.1) is 0 Å². The molecular weight excluding hydrogens is 242 g/mol. The largest absolute Gasteiger partial charge is 0.305 e. The number of thiophene rings is 1. The van der Waals surface area contributed by atoms with E-state index in [0.29, 0.717) is 0 Å². The molecule has 0 aliphatic heterocycles. The van der Waals surface area contributed by atoms with Gasteiger partial charge in [-0.25, -0.2) is 0 Å². The van der Waals surface area contributed by atoms with Crippen LogP contribution in [-0.2, 0) is 19.9 Å². The van der Waals surface area contributed by atoms with Crippen LogP contribution in [0.25, 0.3) is 0 Å². The molecule has 2 heterocycles. The minimum Gasteiger partial charge on any atom is -0.305 e. The predicted octanol–water partition coefficient (Wildman–Crippen LogP) is 2.67. The quantitative estimate of drug-likeness (QED) is 0.917. The van der Waals surface area contributed by atoms with Gasteiger partial charge in [0.1, 0.15) is 0 Å². The fourth-order valence-corrected chi connectivity index (χ4v) is 3.98. The molecule has 0 fully saturated rings. The summed E-state index contributed by atoms with van der Waals surface area (Å²) in [6.45, 7) is 3.11. The van der Waals surface area contributed by atoms with Crippen LogP contribution in [0.4, 0.5) is 0 Å². The van der Waals surface area contributed by atoms with Crippen molar-refractivity contribution >= 4 is 11.3 Å². The van der Waals surface area contributed by atoms with Crippen molar-refractivity contribution in [2.75, 3.05) is 6.54 Å². The Morgan fingerprint density at radius 1 is 1.50 bits per heavy atom. The van der Waals surface area contributed by atoms with Gasteiger partial charge in [0.2, 0.25) is 0 Å². The van der Waals surface area contributed by atoms with Crippen molar-refractivity contribution in [3.05, 3.63) is 39.3 Å². The summed E-state index contributed by atoms with van der Waals surface area (Å²) in [5.74, 6) is 0. The summed E-state index contributed by atoms with van der Waals surface area (Å²) in [7, 11) is 1.97. The molecule has 0 saturated carbocycles. The summed E-state index contributed by atoms with van der Waals surface area (Å²) >= 11 is 1.96. The zero-order valence-corrected chi connectivity index (χ0v) is 11.8. The van der Waals surface area contributed by atoms with Crippen molar-refractivity contribution in [2.24, 2.45) is 7.05 Å². The van der Waals surface area contributed by atoms with Gasteiger partial charge in [0.25, 0.3) is 0 Å². The zero-order chi connectivity index (χ0) is 12.5. The maximum atomic E-state index is 4.55. The van der Waals surface area contributed by atoms with Crippen molar-refractivity contribution < 1.29 is 0 Å². The van der Waals surface area contributed by atoms with E-state index < -0.39 is 0 Å². The van der Waals surface area contributed by atoms with E-state index in [1.54, 1.807) is 10.4 Å². The molecule has 1 aliphatic carbocycles. The van der Waals surface area contributed by atoms with Crippen LogP contribution >= 0.6 is 11.3 Å². The normalized spacial score (nSPS) is 15.9. The van der Waals surface area contributed by atoms with E-state index in [4.69, 9.17) is 0 Å². The summed E-state index contributed by atoms with van der Waals surface area (Å²) < 4.78 is 1.88. The van der Waals surface area contributed by atoms with E-state index in [0.717, 1.165) is 12.2 Å². The second-order valence-corrected chi connectivity index (χ2v) is 6.02. The Kier molecular flexibility index (Phi) is 3.22. The molecule has 0 bridgehead atoms. The molecule has 2 aromatic rings. The predicted molar refractivity (Wildman–Crippen MR) is 75.1 cm³/mol. The molecule has 2 aromatic heterocycles. The molecule has 96 valence electrons. The topological polar surface area (TPSA) is 29.9 Å². The number of nitrogens with one attached hydrogen (secondary N) is 1. The van der Waals surface area contributed by atoms with Crippen molar-refractivity contribution in [1.29, 1.82) is 0 Å². The minimum atomic E-state index is 0.256. The molecular formula is C14H19N3S. The molecule has 18 heavy (non-hydrogen) atoms. The maximum absolute atomic E-state index is 4.55. The summed E-state index contributed by atoms with van der Waals surface area (Å²) in [5, 5.41) is 8.10. The molecule has 4 heteroatoms. The van der Waals surface area contributed by atoms with Gasteiger partial charge >= 0.3 is 0 Å². The summed E-state index contributed by atoms with van der Waals surface area (Å²) in [5.41, 5.74) is 2.69. The van der Waals surface area contributed by atoms with Crippen LogP contribution < -0.4 is 5.32 Å². The van der Waals surface area contributed by atoms with Gasteiger partial charge in [-0.2, -0.15) is 5.10 Å². The smallest absolute Gasteiger partial charge is 0.0863 e. The van der Waals surface area contributed by atoms with Gasteiger partial charge < -0.3 is 5.32 Å². The lowest BCUT2D eigenvalue weighted by molar-refractivity contribution is 0.607. The average molecular weight is 261 g/mol. The SMILES string of the molecule is CCNC(c1ccn(C)n1)c1cc2c(s1)CCC2. The van der Waals surface area contributed by atoms with Crippen LogP contribution in [0.1, 0.15) is 40.4 Å². The molecule has 0 aromatic carbocycles. The van der Waals surface area contributed by atoms with Crippen molar-refractivity contribution in [1.82, 2.24) is 15.1 Å². The highest BCUT2D eigenvalue weighted by molar-refractivity contribution is 7.12. The third-order valence-electron chi connectivity index (χ3n) is 3.49. The Labute approximate surface area is 112 Å². The number of hydrogen-bond donors (Lipinski definition) is 1. The summed E-state index contributed by atoms with van der Waals surface area (Å²) in [6.07, 6.45) is 5.87. The van der Waals surface area contributed by atoms with Gasteiger partial charge in [0.05, 0.1) is 11.7 Å². The lowest BCUT2D eigenvalue weighted by Crippen LogP contribution is -2.21. The molecule has 0 saturated heterocycles. The number of nitrogens with zero attached hydrogens (tertiary/aromatic N) is 2. The second kappa shape index (κ2) is 4.86. The number of hydrogen-bond acceptors (Lipinski definition) is 3. The second-order valence-electron chi connectivity index (χ2n) is 4.86. The van der Waals surface area contributed by atoms with Crippen molar-refractivity contribution in [3.63, 3.8) is 0 Å². The monoisotopic (exact) mass is 261 g/mol. The van der Waals surface area contributed by atoms with Gasteiger partial charge in [-0.05, 0) is 43.5 Å². The highest BCUT2D eigenvalue weighted by Crippen LogP contribution is 2.35. The van der Waals surface area contributed by atoms with E-state index in [2.05, 4.69) is 29.5 Å². The molecule has 3 nitrogen and oxygen atoms in total. The van der Waals surface area contributed by atoms with E-state index in [-0.39, 0.29) is 6.04 Å². The van der Waals surface area contributed by atoms with E-state index in [1.807, 2.05) is 29.3 Å². The van der Waals surface area contributed by atoms with Crippen LogP contribution in [-0.4, -0.2) is 16.3 Å². The molecule has 1 unspecified atom stereocenters. The van der Waals surface area contributed by atoms with Gasteiger partial charge in [0, 0.05) is 23.0 Å². The van der Waals surface area contributed by atoms with Crippen molar-refractivity contribution in [2.45, 2.75) is 32.2 Å². The first-order valence-electron chi connectivity index (χ1n) is 6.62. The summed E-state index contributed by atoms with van der Waals surface area (Å²) in [4.78, 5) is 3.00. The fourth-order valence-electron chi connectivity index (χ4n) is 2.64. The first-order chi connectivity index (χ1) is 8.78. The Morgan fingerprint density at radius 2 is 2.39 bits per heavy atom. The Hall–Kier alpha value is -1.13. The van der Waals surface area contributed by atoms with Gasteiger partial charge in [-0.15, -0.1) is 11.3 Å². The Balaban J connectivity index is 1.93. The lowest BCUT2D eigenvalue weighted by atomic mass is 10.1. The molecule has 0 radical (unpaired) electrons. The van der Waals surface area contributed by atoms with Crippen LogP contribution in [0.5, 0.6) is 0 Å². The molecule has 1 aliphatic rings. The first-order valence-corrected chi connectivity index (χ1v) is 7.44. The number of fused-ring (bicyclic) bond motifs is 1. The molecule has 1 N–H and O–H groups in total. The summed E-state index contributed by atoms with van der Waals surface area (Å²) in [6, 6.07) is 4.75. The Bertz CT molecular complexity index is 519. The number of rotatable bonds is 4. The zero-order valence-electron chi connectivity index (χ0n) is 10.9. The minimum absolute atomic E-state index is 0.256. The van der Waals surface area contributed by atoms with Crippen LogP contribution in [0.3, 0.4) is 0 Å². The standard InChI is InChI=1S/C14H19N3S/c1-3-15-14(11-7-8-17(2)16-11)13-9-10-5-4-6-12(10)18-13/h7-9,14-15H,3-6H2,1-2H3. The van der Waals surface area contributed by atoms with Crippen LogP contribution in [0.2, 0.25) is 0 Å². The lowest BCUT2D eigenvalue weighted by Gasteiger charge is -2.14. The highest BCUT2D eigenvalue weighted by Gasteiger charge is 2.22. The average Bonchev–Trinajstić information content (AvgIpc) is 3.00. The fraction of sp³-hybridized carbons (Fsp3) is 0.500. The molecule has 1 atom stereocenters. The van der Waals surface area contributed by atoms with E-state index in [9.17, 15) is 0 Å². The van der Waals surface area contributed by atoms with Gasteiger partial charge in [-0.1, -0.05) is 6.92 Å². The van der Waals surface area contributed by atoms with Gasteiger partial charge in [0.15, 0.2) is 0 Å². The third-order valence-corrected chi connectivity index (χ3v) is 4.79. The molecule has 0 spiro atoms. The molecule has 3 rings (SSSR count).